The minimum Gasteiger partial charge on any atom is -0.481 e. The van der Waals surface area contributed by atoms with Gasteiger partial charge in [0.05, 0.1) is 18.4 Å². The first kappa shape index (κ1) is 15.3. The summed E-state index contributed by atoms with van der Waals surface area (Å²) in [4.78, 5) is 26.5. The molecule has 19 heavy (non-hydrogen) atoms. The number of carbonyl (C=O) groups is 2. The number of piperidine rings is 1. The third kappa shape index (κ3) is 3.60. The van der Waals surface area contributed by atoms with E-state index in [1.54, 1.807) is 16.8 Å². The van der Waals surface area contributed by atoms with Crippen molar-refractivity contribution in [3.63, 3.8) is 0 Å². The molecule has 6 nitrogen and oxygen atoms in total. The highest BCUT2D eigenvalue weighted by molar-refractivity contribution is 5.76. The van der Waals surface area contributed by atoms with Gasteiger partial charge in [-0.25, -0.2) is 4.79 Å². The zero-order valence-corrected chi connectivity index (χ0v) is 11.7. The second kappa shape index (κ2) is 6.41. The summed E-state index contributed by atoms with van der Waals surface area (Å²) in [5, 5.41) is 17.7. The molecule has 1 heterocycles. The van der Waals surface area contributed by atoms with E-state index in [-0.39, 0.29) is 24.0 Å². The molecule has 0 aromatic carbocycles. The zero-order chi connectivity index (χ0) is 14.6. The lowest BCUT2D eigenvalue weighted by molar-refractivity contribution is -0.143. The van der Waals surface area contributed by atoms with Crippen molar-refractivity contribution in [2.75, 3.05) is 13.6 Å². The van der Waals surface area contributed by atoms with Crippen LogP contribution >= 0.6 is 0 Å². The molecular formula is C13H21N3O3. The highest BCUT2D eigenvalue weighted by atomic mass is 16.4. The Balaban J connectivity index is 2.64. The van der Waals surface area contributed by atoms with Crippen molar-refractivity contribution in [1.29, 1.82) is 5.26 Å². The minimum atomic E-state index is -0.787. The monoisotopic (exact) mass is 267 g/mol. The maximum Gasteiger partial charge on any atom is 0.320 e. The van der Waals surface area contributed by atoms with Crippen LogP contribution in [0.1, 0.15) is 33.1 Å². The molecule has 3 unspecified atom stereocenters. The Bertz CT molecular complexity index is 391. The van der Waals surface area contributed by atoms with Crippen LogP contribution in [0.2, 0.25) is 0 Å². The average molecular weight is 267 g/mol. The van der Waals surface area contributed by atoms with Crippen LogP contribution in [-0.4, -0.2) is 52.6 Å². The van der Waals surface area contributed by atoms with E-state index in [2.05, 4.69) is 0 Å². The SMILES string of the molecule is CC(CC#N)N(C)C(=O)N1CCC(C(=O)O)CC1C. The van der Waals surface area contributed by atoms with Crippen LogP contribution in [0.5, 0.6) is 0 Å². The smallest absolute Gasteiger partial charge is 0.320 e. The molecule has 0 aliphatic carbocycles. The van der Waals surface area contributed by atoms with Gasteiger partial charge < -0.3 is 14.9 Å². The summed E-state index contributed by atoms with van der Waals surface area (Å²) >= 11 is 0. The third-order valence-electron chi connectivity index (χ3n) is 3.82. The Morgan fingerprint density at radius 3 is 2.68 bits per heavy atom. The first-order valence-electron chi connectivity index (χ1n) is 6.51. The molecule has 0 spiro atoms. The van der Waals surface area contributed by atoms with E-state index in [9.17, 15) is 9.59 Å². The molecule has 0 saturated carbocycles. The lowest BCUT2D eigenvalue weighted by atomic mass is 9.92. The Labute approximate surface area is 113 Å². The molecule has 0 aromatic rings. The van der Waals surface area contributed by atoms with Crippen LogP contribution in [0, 0.1) is 17.2 Å². The van der Waals surface area contributed by atoms with Crippen molar-refractivity contribution in [2.45, 2.75) is 45.2 Å². The number of likely N-dealkylation sites (tertiary alicyclic amines) is 1. The normalized spacial score (nSPS) is 24.4. The lowest BCUT2D eigenvalue weighted by Gasteiger charge is -2.39. The van der Waals surface area contributed by atoms with E-state index in [1.165, 1.54) is 0 Å². The van der Waals surface area contributed by atoms with Crippen LogP contribution < -0.4 is 0 Å². The van der Waals surface area contributed by atoms with Crippen molar-refractivity contribution in [3.05, 3.63) is 0 Å². The summed E-state index contributed by atoms with van der Waals surface area (Å²) in [5.74, 6) is -1.15. The van der Waals surface area contributed by atoms with Gasteiger partial charge in [0, 0.05) is 25.7 Å². The van der Waals surface area contributed by atoms with Crippen molar-refractivity contribution >= 4 is 12.0 Å². The minimum absolute atomic E-state index is 0.0842. The largest absolute Gasteiger partial charge is 0.481 e. The number of carboxylic acid groups (broad SMARTS) is 1. The van der Waals surface area contributed by atoms with E-state index in [1.807, 2.05) is 19.9 Å². The van der Waals surface area contributed by atoms with E-state index in [4.69, 9.17) is 10.4 Å². The number of amides is 2. The number of hydrogen-bond donors (Lipinski definition) is 1. The summed E-state index contributed by atoms with van der Waals surface area (Å²) in [7, 11) is 1.68. The number of carboxylic acids is 1. The molecule has 1 aliphatic rings. The summed E-state index contributed by atoms with van der Waals surface area (Å²) in [6.07, 6.45) is 1.27. The lowest BCUT2D eigenvalue weighted by Crippen LogP contribution is -2.52. The first-order chi connectivity index (χ1) is 8.88. The van der Waals surface area contributed by atoms with Crippen LogP contribution in [-0.2, 0) is 4.79 Å². The van der Waals surface area contributed by atoms with Gasteiger partial charge >= 0.3 is 12.0 Å². The van der Waals surface area contributed by atoms with Gasteiger partial charge in [-0.15, -0.1) is 0 Å². The molecule has 1 fully saturated rings. The molecule has 0 aromatic heterocycles. The molecule has 0 bridgehead atoms. The van der Waals surface area contributed by atoms with Gasteiger partial charge in [0.15, 0.2) is 0 Å². The Morgan fingerprint density at radius 2 is 2.21 bits per heavy atom. The van der Waals surface area contributed by atoms with Gasteiger partial charge in [-0.05, 0) is 26.7 Å². The zero-order valence-electron chi connectivity index (χ0n) is 11.7. The number of rotatable bonds is 3. The Hall–Kier alpha value is -1.77. The quantitative estimate of drug-likeness (QED) is 0.840. The van der Waals surface area contributed by atoms with E-state index in [0.717, 1.165) is 0 Å². The predicted molar refractivity (Wildman–Crippen MR) is 69.4 cm³/mol. The van der Waals surface area contributed by atoms with E-state index >= 15 is 0 Å². The molecule has 106 valence electrons. The first-order valence-corrected chi connectivity index (χ1v) is 6.51. The standard InChI is InChI=1S/C13H21N3O3/c1-9(4-6-14)15(3)13(19)16-7-5-11(12(17)18)8-10(16)2/h9-11H,4-5,7-8H2,1-3H3,(H,17,18). The van der Waals surface area contributed by atoms with Crippen LogP contribution in [0.25, 0.3) is 0 Å². The second-order valence-corrected chi connectivity index (χ2v) is 5.21. The highest BCUT2D eigenvalue weighted by Crippen LogP contribution is 2.24. The van der Waals surface area contributed by atoms with Crippen LogP contribution in [0.3, 0.4) is 0 Å². The molecule has 0 radical (unpaired) electrons. The number of nitriles is 1. The second-order valence-electron chi connectivity index (χ2n) is 5.21. The molecule has 1 saturated heterocycles. The van der Waals surface area contributed by atoms with E-state index in [0.29, 0.717) is 25.8 Å². The summed E-state index contributed by atoms with van der Waals surface area (Å²) < 4.78 is 0. The molecular weight excluding hydrogens is 246 g/mol. The molecule has 1 aliphatic heterocycles. The molecule has 6 heteroatoms. The van der Waals surface area contributed by atoms with Crippen molar-refractivity contribution in [1.82, 2.24) is 9.80 Å². The van der Waals surface area contributed by atoms with Gasteiger partial charge in [-0.3, -0.25) is 4.79 Å². The predicted octanol–water partition coefficient (Wildman–Crippen LogP) is 1.53. The molecule has 2 amide bonds. The van der Waals surface area contributed by atoms with Gasteiger partial charge in [-0.1, -0.05) is 0 Å². The fourth-order valence-corrected chi connectivity index (χ4v) is 2.34. The summed E-state index contributed by atoms with van der Waals surface area (Å²) in [5.41, 5.74) is 0. The molecule has 1 rings (SSSR count). The number of urea groups is 1. The Kier molecular flexibility index (Phi) is 5.16. The van der Waals surface area contributed by atoms with Crippen molar-refractivity contribution in [2.24, 2.45) is 5.92 Å². The third-order valence-corrected chi connectivity index (χ3v) is 3.82. The highest BCUT2D eigenvalue weighted by Gasteiger charge is 2.34. The van der Waals surface area contributed by atoms with Crippen LogP contribution in [0.15, 0.2) is 0 Å². The maximum atomic E-state index is 12.3. The molecule has 3 atom stereocenters. The summed E-state index contributed by atoms with van der Waals surface area (Å²) in [6.45, 7) is 4.16. The maximum absolute atomic E-state index is 12.3. The van der Waals surface area contributed by atoms with E-state index < -0.39 is 5.97 Å². The topological polar surface area (TPSA) is 84.6 Å². The number of hydrogen-bond acceptors (Lipinski definition) is 3. The number of aliphatic carboxylic acids is 1. The number of carbonyl (C=O) groups excluding carboxylic acids is 1. The van der Waals surface area contributed by atoms with Gasteiger partial charge in [0.2, 0.25) is 0 Å². The van der Waals surface area contributed by atoms with Gasteiger partial charge in [-0.2, -0.15) is 5.26 Å². The van der Waals surface area contributed by atoms with Crippen molar-refractivity contribution in [3.8, 4) is 6.07 Å². The average Bonchev–Trinajstić information content (AvgIpc) is 2.37. The fourth-order valence-electron chi connectivity index (χ4n) is 2.34. The van der Waals surface area contributed by atoms with Gasteiger partial charge in [0.1, 0.15) is 0 Å². The Morgan fingerprint density at radius 1 is 1.58 bits per heavy atom. The van der Waals surface area contributed by atoms with Crippen molar-refractivity contribution < 1.29 is 14.7 Å². The summed E-state index contributed by atoms with van der Waals surface area (Å²) in [6, 6.07) is 1.70. The van der Waals surface area contributed by atoms with Gasteiger partial charge in [0.25, 0.3) is 0 Å². The number of nitrogens with zero attached hydrogens (tertiary/aromatic N) is 3. The van der Waals surface area contributed by atoms with Crippen LogP contribution in [0.4, 0.5) is 4.79 Å². The fraction of sp³-hybridized carbons (Fsp3) is 0.769. The molecule has 1 N–H and O–H groups in total.